The number of sulfonamides is 1. The first-order valence-electron chi connectivity index (χ1n) is 10.3. The molecule has 168 valence electrons. The summed E-state index contributed by atoms with van der Waals surface area (Å²) >= 11 is 0. The summed E-state index contributed by atoms with van der Waals surface area (Å²) in [7, 11) is -3.71. The molecule has 0 N–H and O–H groups in total. The molecule has 1 saturated heterocycles. The molecule has 1 aliphatic heterocycles. The van der Waals surface area contributed by atoms with Crippen LogP contribution in [0.1, 0.15) is 50.5 Å². The zero-order valence-electron chi connectivity index (χ0n) is 18.5. The normalized spacial score (nSPS) is 20.8. The van der Waals surface area contributed by atoms with Gasteiger partial charge >= 0.3 is 5.97 Å². The molecular formula is C21H32N2O6S. The van der Waals surface area contributed by atoms with Crippen molar-refractivity contribution in [3.05, 3.63) is 29.3 Å². The minimum Gasteiger partial charge on any atom is -0.449 e. The Bertz CT molecular complexity index is 871. The molecule has 0 aromatic heterocycles. The number of esters is 1. The summed E-state index contributed by atoms with van der Waals surface area (Å²) in [6.45, 7) is 12.0. The number of morpholine rings is 1. The number of aryl methyl sites for hydroxylation is 1. The molecule has 1 aromatic rings. The lowest BCUT2D eigenvalue weighted by atomic mass is 10.1. The molecule has 1 amide bonds. The first-order chi connectivity index (χ1) is 14.0. The number of amides is 1. The first-order valence-corrected chi connectivity index (χ1v) is 11.7. The maximum atomic E-state index is 12.8. The topological polar surface area (TPSA) is 93.2 Å². The Morgan fingerprint density at radius 1 is 1.20 bits per heavy atom. The molecular weight excluding hydrogens is 408 g/mol. The third kappa shape index (κ3) is 5.39. The summed E-state index contributed by atoms with van der Waals surface area (Å²) in [5.41, 5.74) is 0.707. The fourth-order valence-electron chi connectivity index (χ4n) is 3.58. The van der Waals surface area contributed by atoms with Gasteiger partial charge in [-0.2, -0.15) is 4.31 Å². The van der Waals surface area contributed by atoms with E-state index >= 15 is 0 Å². The van der Waals surface area contributed by atoms with Crippen LogP contribution in [0, 0.1) is 6.92 Å². The van der Waals surface area contributed by atoms with Gasteiger partial charge in [0.25, 0.3) is 5.91 Å². The smallest absolute Gasteiger partial charge is 0.339 e. The van der Waals surface area contributed by atoms with E-state index in [1.807, 2.05) is 13.8 Å². The predicted molar refractivity (Wildman–Crippen MR) is 113 cm³/mol. The summed E-state index contributed by atoms with van der Waals surface area (Å²) in [6, 6.07) is 4.37. The molecule has 3 unspecified atom stereocenters. The number of nitrogens with zero attached hydrogens (tertiary/aromatic N) is 2. The Morgan fingerprint density at radius 3 is 2.30 bits per heavy atom. The monoisotopic (exact) mass is 440 g/mol. The number of carbonyl (C=O) groups is 2. The van der Waals surface area contributed by atoms with Crippen molar-refractivity contribution < 1.29 is 27.5 Å². The van der Waals surface area contributed by atoms with Crippen molar-refractivity contribution in [1.29, 1.82) is 0 Å². The highest BCUT2D eigenvalue weighted by molar-refractivity contribution is 7.89. The molecule has 1 fully saturated rings. The summed E-state index contributed by atoms with van der Waals surface area (Å²) in [4.78, 5) is 27.1. The van der Waals surface area contributed by atoms with E-state index in [1.165, 1.54) is 23.4 Å². The van der Waals surface area contributed by atoms with E-state index in [0.29, 0.717) is 31.7 Å². The van der Waals surface area contributed by atoms with Gasteiger partial charge < -0.3 is 14.4 Å². The van der Waals surface area contributed by atoms with Gasteiger partial charge in [-0.15, -0.1) is 0 Å². The molecule has 30 heavy (non-hydrogen) atoms. The molecule has 1 aromatic carbocycles. The molecule has 9 heteroatoms. The lowest BCUT2D eigenvalue weighted by Crippen LogP contribution is -2.51. The van der Waals surface area contributed by atoms with Crippen LogP contribution in [0.4, 0.5) is 0 Å². The second-order valence-electron chi connectivity index (χ2n) is 7.61. The Hall–Kier alpha value is -1.97. The van der Waals surface area contributed by atoms with E-state index < -0.39 is 22.1 Å². The summed E-state index contributed by atoms with van der Waals surface area (Å²) in [5, 5.41) is 0. The number of benzene rings is 1. The second-order valence-corrected chi connectivity index (χ2v) is 9.55. The van der Waals surface area contributed by atoms with Gasteiger partial charge in [-0.05, 0) is 45.4 Å². The highest BCUT2D eigenvalue weighted by Gasteiger charge is 2.31. The zero-order valence-corrected chi connectivity index (χ0v) is 19.4. The van der Waals surface area contributed by atoms with Crippen LogP contribution < -0.4 is 0 Å². The highest BCUT2D eigenvalue weighted by Crippen LogP contribution is 2.21. The highest BCUT2D eigenvalue weighted by atomic mass is 32.2. The van der Waals surface area contributed by atoms with Gasteiger partial charge in [0.15, 0.2) is 6.10 Å². The number of hydrogen-bond acceptors (Lipinski definition) is 6. The van der Waals surface area contributed by atoms with Crippen LogP contribution in [0.2, 0.25) is 0 Å². The largest absolute Gasteiger partial charge is 0.449 e. The number of hydrogen-bond donors (Lipinski definition) is 0. The third-order valence-corrected chi connectivity index (χ3v) is 7.18. The lowest BCUT2D eigenvalue weighted by molar-refractivity contribution is -0.151. The van der Waals surface area contributed by atoms with Gasteiger partial charge in [0, 0.05) is 26.2 Å². The molecule has 1 heterocycles. The van der Waals surface area contributed by atoms with Gasteiger partial charge in [-0.3, -0.25) is 4.79 Å². The summed E-state index contributed by atoms with van der Waals surface area (Å²) < 4.78 is 37.9. The minimum atomic E-state index is -3.71. The van der Waals surface area contributed by atoms with Crippen LogP contribution in [0.15, 0.2) is 23.1 Å². The predicted octanol–water partition coefficient (Wildman–Crippen LogP) is 2.21. The van der Waals surface area contributed by atoms with Crippen molar-refractivity contribution in [1.82, 2.24) is 9.21 Å². The number of ether oxygens (including phenoxy) is 2. The average molecular weight is 441 g/mol. The quantitative estimate of drug-likeness (QED) is 0.604. The van der Waals surface area contributed by atoms with Gasteiger partial charge in [-0.1, -0.05) is 19.9 Å². The van der Waals surface area contributed by atoms with Gasteiger partial charge in [0.2, 0.25) is 10.0 Å². The zero-order chi connectivity index (χ0) is 22.6. The Labute approximate surface area is 179 Å². The molecule has 2 rings (SSSR count). The van der Waals surface area contributed by atoms with E-state index in [4.69, 9.17) is 9.47 Å². The number of rotatable bonds is 7. The lowest BCUT2D eigenvalue weighted by Gasteiger charge is -2.36. The number of carbonyl (C=O) groups excluding carboxylic acids is 2. The molecule has 0 aliphatic carbocycles. The third-order valence-electron chi connectivity index (χ3n) is 5.14. The Kier molecular flexibility index (Phi) is 8.01. The van der Waals surface area contributed by atoms with E-state index in [9.17, 15) is 18.0 Å². The van der Waals surface area contributed by atoms with Gasteiger partial charge in [-0.25, -0.2) is 13.2 Å². The van der Waals surface area contributed by atoms with Crippen molar-refractivity contribution in [2.24, 2.45) is 0 Å². The molecule has 3 atom stereocenters. The summed E-state index contributed by atoms with van der Waals surface area (Å²) in [5.74, 6) is -1.02. The van der Waals surface area contributed by atoms with Crippen LogP contribution in [-0.2, 0) is 24.3 Å². The van der Waals surface area contributed by atoms with Gasteiger partial charge in [0.05, 0.1) is 22.7 Å². The van der Waals surface area contributed by atoms with E-state index in [0.717, 1.165) is 0 Å². The first kappa shape index (κ1) is 24.3. The standard InChI is InChI=1S/C21H32N2O6S/c1-7-23(8-2)30(26,27)18-10-9-14(3)19(11-18)21(25)29-17(6)20(24)22-12-15(4)28-16(5)13-22/h9-11,15-17H,7-8,12-13H2,1-6H3. The SMILES string of the molecule is CCN(CC)S(=O)(=O)c1ccc(C)c(C(=O)OC(C)C(=O)N2CC(C)OC(C)C2)c1. The summed E-state index contributed by atoms with van der Waals surface area (Å²) in [6.07, 6.45) is -1.17. The maximum absolute atomic E-state index is 12.8. The van der Waals surface area contributed by atoms with E-state index in [2.05, 4.69) is 0 Å². The molecule has 0 bridgehead atoms. The Morgan fingerprint density at radius 2 is 1.77 bits per heavy atom. The maximum Gasteiger partial charge on any atom is 0.339 e. The fraction of sp³-hybridized carbons (Fsp3) is 0.619. The van der Waals surface area contributed by atoms with Crippen LogP contribution in [0.25, 0.3) is 0 Å². The van der Waals surface area contributed by atoms with Crippen molar-refractivity contribution in [2.45, 2.75) is 64.7 Å². The van der Waals surface area contributed by atoms with Crippen LogP contribution >= 0.6 is 0 Å². The van der Waals surface area contributed by atoms with Crippen LogP contribution in [0.3, 0.4) is 0 Å². The van der Waals surface area contributed by atoms with Gasteiger partial charge in [0.1, 0.15) is 0 Å². The van der Waals surface area contributed by atoms with E-state index in [1.54, 1.807) is 31.7 Å². The molecule has 0 spiro atoms. The fourth-order valence-corrected chi connectivity index (χ4v) is 5.07. The minimum absolute atomic E-state index is 0.0264. The second kappa shape index (κ2) is 9.89. The average Bonchev–Trinajstić information content (AvgIpc) is 2.67. The van der Waals surface area contributed by atoms with Crippen LogP contribution in [0.5, 0.6) is 0 Å². The Balaban J connectivity index is 2.19. The van der Waals surface area contributed by atoms with Crippen molar-refractivity contribution >= 4 is 21.9 Å². The van der Waals surface area contributed by atoms with Crippen LogP contribution in [-0.4, -0.2) is 74.0 Å². The van der Waals surface area contributed by atoms with E-state index in [-0.39, 0.29) is 28.6 Å². The molecule has 1 aliphatic rings. The molecule has 0 saturated carbocycles. The van der Waals surface area contributed by atoms with Crippen molar-refractivity contribution in [3.63, 3.8) is 0 Å². The molecule has 0 radical (unpaired) electrons. The van der Waals surface area contributed by atoms with Crippen molar-refractivity contribution in [3.8, 4) is 0 Å². The van der Waals surface area contributed by atoms with Crippen molar-refractivity contribution in [2.75, 3.05) is 26.2 Å². The molecule has 8 nitrogen and oxygen atoms in total.